The first-order valence-electron chi connectivity index (χ1n) is 6.27. The first-order chi connectivity index (χ1) is 10.6. The van der Waals surface area contributed by atoms with Gasteiger partial charge in [-0.3, -0.25) is 9.78 Å². The van der Waals surface area contributed by atoms with Gasteiger partial charge in [-0.15, -0.1) is 0 Å². The van der Waals surface area contributed by atoms with Gasteiger partial charge in [0.25, 0.3) is 5.91 Å². The molecule has 7 heteroatoms. The molecule has 1 amide bonds. The normalized spacial score (nSPS) is 18.0. The summed E-state index contributed by atoms with van der Waals surface area (Å²) in [5, 5.41) is 3.94. The molecular weight excluding hydrogens is 341 g/mol. The molecule has 1 aliphatic rings. The number of hydrogen-bond donors (Lipinski definition) is 1. The van der Waals surface area contributed by atoms with E-state index >= 15 is 0 Å². The van der Waals surface area contributed by atoms with Gasteiger partial charge in [0.05, 0.1) is 20.6 Å². The number of pyridine rings is 1. The van der Waals surface area contributed by atoms with Gasteiger partial charge in [-0.05, 0) is 41.6 Å². The van der Waals surface area contributed by atoms with E-state index < -0.39 is 0 Å². The van der Waals surface area contributed by atoms with E-state index in [1.54, 1.807) is 36.7 Å². The van der Waals surface area contributed by atoms with Crippen molar-refractivity contribution in [3.8, 4) is 0 Å². The van der Waals surface area contributed by atoms with Crippen LogP contribution in [0.2, 0.25) is 10.0 Å². The molecule has 110 valence electrons. The van der Waals surface area contributed by atoms with Crippen molar-refractivity contribution in [3.05, 3.63) is 63.2 Å². The predicted octanol–water partition coefficient (Wildman–Crippen LogP) is 4.28. The lowest BCUT2D eigenvalue weighted by Crippen LogP contribution is -2.19. The van der Waals surface area contributed by atoms with E-state index in [9.17, 15) is 4.79 Å². The van der Waals surface area contributed by atoms with Crippen LogP contribution in [0.25, 0.3) is 6.08 Å². The van der Waals surface area contributed by atoms with Crippen molar-refractivity contribution < 1.29 is 4.79 Å². The van der Waals surface area contributed by atoms with E-state index in [-0.39, 0.29) is 5.91 Å². The molecule has 0 saturated carbocycles. The van der Waals surface area contributed by atoms with Crippen LogP contribution in [0.3, 0.4) is 0 Å². The van der Waals surface area contributed by atoms with Gasteiger partial charge in [-0.1, -0.05) is 35.3 Å². The van der Waals surface area contributed by atoms with Gasteiger partial charge >= 0.3 is 0 Å². The Labute approximate surface area is 141 Å². The van der Waals surface area contributed by atoms with Crippen molar-refractivity contribution in [3.63, 3.8) is 0 Å². The molecule has 1 aromatic carbocycles. The van der Waals surface area contributed by atoms with Crippen molar-refractivity contribution in [2.24, 2.45) is 4.99 Å². The Morgan fingerprint density at radius 1 is 1.23 bits per heavy atom. The summed E-state index contributed by atoms with van der Waals surface area (Å²) in [7, 11) is 0. The summed E-state index contributed by atoms with van der Waals surface area (Å²) in [4.78, 5) is 20.9. The average Bonchev–Trinajstić information content (AvgIpc) is 2.85. The number of carbonyl (C=O) groups excluding carboxylic acids is 1. The molecular formula is C15H9Cl2N3OS. The molecule has 0 atom stereocenters. The number of hydrogen-bond acceptors (Lipinski definition) is 4. The van der Waals surface area contributed by atoms with Crippen LogP contribution in [-0.2, 0) is 4.79 Å². The minimum absolute atomic E-state index is 0.203. The van der Waals surface area contributed by atoms with Gasteiger partial charge in [-0.2, -0.15) is 0 Å². The molecule has 2 heterocycles. The van der Waals surface area contributed by atoms with Crippen LogP contribution in [0, 0.1) is 0 Å². The molecule has 1 aliphatic heterocycles. The highest BCUT2D eigenvalue weighted by molar-refractivity contribution is 8.18. The highest BCUT2D eigenvalue weighted by Crippen LogP contribution is 2.34. The first-order valence-corrected chi connectivity index (χ1v) is 7.84. The summed E-state index contributed by atoms with van der Waals surface area (Å²) in [6.45, 7) is 0. The fraction of sp³-hybridized carbons (Fsp3) is 0. The van der Waals surface area contributed by atoms with Gasteiger partial charge in [0, 0.05) is 12.4 Å². The molecule has 1 fully saturated rings. The molecule has 0 bridgehead atoms. The molecule has 4 nitrogen and oxygen atoms in total. The van der Waals surface area contributed by atoms with E-state index in [0.29, 0.717) is 25.8 Å². The fourth-order valence-electron chi connectivity index (χ4n) is 1.78. The first kappa shape index (κ1) is 15.1. The molecule has 1 saturated heterocycles. The Kier molecular flexibility index (Phi) is 4.47. The van der Waals surface area contributed by atoms with E-state index in [1.165, 1.54) is 11.8 Å². The molecule has 3 rings (SSSR count). The quantitative estimate of drug-likeness (QED) is 0.823. The zero-order chi connectivity index (χ0) is 15.5. The summed E-state index contributed by atoms with van der Waals surface area (Å²) < 4.78 is 0. The third kappa shape index (κ3) is 3.32. The maximum atomic E-state index is 12.0. The number of benzene rings is 1. The zero-order valence-electron chi connectivity index (χ0n) is 11.1. The van der Waals surface area contributed by atoms with Crippen molar-refractivity contribution in [1.29, 1.82) is 0 Å². The third-order valence-corrected chi connectivity index (χ3v) is 4.51. The highest BCUT2D eigenvalue weighted by Gasteiger charge is 2.24. The lowest BCUT2D eigenvalue weighted by molar-refractivity contribution is -0.115. The Bertz CT molecular complexity index is 791. The summed E-state index contributed by atoms with van der Waals surface area (Å²) in [5.74, 6) is -0.203. The van der Waals surface area contributed by atoms with Crippen LogP contribution >= 0.6 is 35.0 Å². The van der Waals surface area contributed by atoms with Crippen LogP contribution < -0.4 is 5.32 Å². The zero-order valence-corrected chi connectivity index (χ0v) is 13.4. The topological polar surface area (TPSA) is 54.4 Å². The molecule has 22 heavy (non-hydrogen) atoms. The number of amidine groups is 1. The van der Waals surface area contributed by atoms with Crippen LogP contribution in [0.5, 0.6) is 0 Å². The number of nitrogens with one attached hydrogen (secondary N) is 1. The molecule has 1 aromatic heterocycles. The number of aromatic nitrogens is 1. The largest absolute Gasteiger partial charge is 0.300 e. The minimum atomic E-state index is -0.203. The Balaban J connectivity index is 1.87. The number of carbonyl (C=O) groups is 1. The maximum absolute atomic E-state index is 12.0. The number of amides is 1. The third-order valence-electron chi connectivity index (χ3n) is 2.79. The van der Waals surface area contributed by atoms with Crippen LogP contribution in [0.15, 0.2) is 52.6 Å². The van der Waals surface area contributed by atoms with E-state index in [4.69, 9.17) is 23.2 Å². The van der Waals surface area contributed by atoms with E-state index in [1.807, 2.05) is 12.1 Å². The Morgan fingerprint density at radius 3 is 2.86 bits per heavy atom. The average molecular weight is 350 g/mol. The second kappa shape index (κ2) is 6.52. The lowest BCUT2D eigenvalue weighted by Gasteiger charge is -2.00. The number of rotatable bonds is 2. The second-order valence-corrected chi connectivity index (χ2v) is 6.16. The SMILES string of the molecule is O=C1NC(=Nc2cccc(Cl)c2Cl)S/C1=C\c1cccnc1. The van der Waals surface area contributed by atoms with Crippen molar-refractivity contribution in [2.75, 3.05) is 0 Å². The summed E-state index contributed by atoms with van der Waals surface area (Å²) in [6.07, 6.45) is 5.12. The molecule has 0 spiro atoms. The van der Waals surface area contributed by atoms with Gasteiger partial charge in [0.15, 0.2) is 5.17 Å². The van der Waals surface area contributed by atoms with Crippen LogP contribution in [0.1, 0.15) is 5.56 Å². The highest BCUT2D eigenvalue weighted by atomic mass is 35.5. The smallest absolute Gasteiger partial charge is 0.264 e. The van der Waals surface area contributed by atoms with Crippen molar-refractivity contribution in [1.82, 2.24) is 10.3 Å². The monoisotopic (exact) mass is 349 g/mol. The maximum Gasteiger partial charge on any atom is 0.264 e. The fourth-order valence-corrected chi connectivity index (χ4v) is 2.95. The van der Waals surface area contributed by atoms with Crippen LogP contribution in [-0.4, -0.2) is 16.1 Å². The number of halogens is 2. The van der Waals surface area contributed by atoms with E-state index in [0.717, 1.165) is 5.56 Å². The molecule has 0 aliphatic carbocycles. The summed E-state index contributed by atoms with van der Waals surface area (Å²) in [6, 6.07) is 8.85. The second-order valence-electron chi connectivity index (χ2n) is 4.34. The standard InChI is InChI=1S/C15H9Cl2N3OS/c16-10-4-1-5-11(13(10)17)19-15-20-14(21)12(22-15)7-9-3-2-6-18-8-9/h1-8H,(H,19,20,21)/b12-7-. The van der Waals surface area contributed by atoms with E-state index in [2.05, 4.69) is 15.3 Å². The molecule has 1 N–H and O–H groups in total. The minimum Gasteiger partial charge on any atom is -0.300 e. The number of thioether (sulfide) groups is 1. The van der Waals surface area contributed by atoms with Gasteiger partial charge in [-0.25, -0.2) is 4.99 Å². The molecule has 0 unspecified atom stereocenters. The van der Waals surface area contributed by atoms with Crippen LogP contribution in [0.4, 0.5) is 5.69 Å². The summed E-state index contributed by atoms with van der Waals surface area (Å²) in [5.41, 5.74) is 1.36. The predicted molar refractivity (Wildman–Crippen MR) is 91.5 cm³/mol. The van der Waals surface area contributed by atoms with Gasteiger partial charge in [0.2, 0.25) is 0 Å². The molecule has 0 radical (unpaired) electrons. The Hall–Kier alpha value is -1.82. The number of nitrogens with zero attached hydrogens (tertiary/aromatic N) is 2. The van der Waals surface area contributed by atoms with Gasteiger partial charge < -0.3 is 5.32 Å². The lowest BCUT2D eigenvalue weighted by atomic mass is 10.2. The van der Waals surface area contributed by atoms with Crippen molar-refractivity contribution >= 4 is 57.8 Å². The van der Waals surface area contributed by atoms with Gasteiger partial charge in [0.1, 0.15) is 0 Å². The number of aliphatic imine (C=N–C) groups is 1. The molecule has 2 aromatic rings. The summed E-state index contributed by atoms with van der Waals surface area (Å²) >= 11 is 13.3. The van der Waals surface area contributed by atoms with Crippen molar-refractivity contribution in [2.45, 2.75) is 0 Å². The Morgan fingerprint density at radius 2 is 2.09 bits per heavy atom.